The van der Waals surface area contributed by atoms with E-state index in [-0.39, 0.29) is 5.91 Å². The summed E-state index contributed by atoms with van der Waals surface area (Å²) in [5.74, 6) is -0.189. The van der Waals surface area contributed by atoms with Gasteiger partial charge in [0.15, 0.2) is 0 Å². The van der Waals surface area contributed by atoms with E-state index in [1.807, 2.05) is 24.4 Å². The molecule has 3 aromatic rings. The number of carbonyl (C=O) groups excluding carboxylic acids is 1. The van der Waals surface area contributed by atoms with Crippen molar-refractivity contribution in [3.05, 3.63) is 47.9 Å². The summed E-state index contributed by atoms with van der Waals surface area (Å²) < 4.78 is 1.27. The van der Waals surface area contributed by atoms with E-state index < -0.39 is 0 Å². The fourth-order valence-corrected chi connectivity index (χ4v) is 1.89. The number of rotatable bonds is 1. The van der Waals surface area contributed by atoms with Crippen molar-refractivity contribution in [2.24, 2.45) is 0 Å². The van der Waals surface area contributed by atoms with E-state index >= 15 is 0 Å². The van der Waals surface area contributed by atoms with E-state index in [0.717, 1.165) is 10.9 Å². The number of benzene rings is 1. The monoisotopic (exact) mass is 240 g/mol. The number of H-pyrrole nitrogens is 1. The molecule has 90 valence electrons. The molecule has 0 fully saturated rings. The quantitative estimate of drug-likeness (QED) is 0.682. The molecule has 0 spiro atoms. The Hall–Kier alpha value is -2.56. The van der Waals surface area contributed by atoms with Crippen LogP contribution in [0, 0.1) is 6.92 Å². The molecule has 0 saturated heterocycles. The molecule has 0 unspecified atom stereocenters. The van der Waals surface area contributed by atoms with E-state index in [0.29, 0.717) is 16.9 Å². The third kappa shape index (κ3) is 1.57. The van der Waals surface area contributed by atoms with Gasteiger partial charge in [0.1, 0.15) is 0 Å². The SMILES string of the molecule is Cc1nn(C(=O)c2ccc3cc[nH]c3c2)cc1N. The minimum Gasteiger partial charge on any atom is -0.396 e. The highest BCUT2D eigenvalue weighted by Gasteiger charge is 2.12. The second-order valence-corrected chi connectivity index (χ2v) is 4.20. The van der Waals surface area contributed by atoms with E-state index in [2.05, 4.69) is 10.1 Å². The van der Waals surface area contributed by atoms with Crippen LogP contribution in [-0.2, 0) is 0 Å². The van der Waals surface area contributed by atoms with Gasteiger partial charge in [0.25, 0.3) is 5.91 Å². The number of anilines is 1. The lowest BCUT2D eigenvalue weighted by molar-refractivity contribution is 0.0945. The minimum absolute atomic E-state index is 0.189. The van der Waals surface area contributed by atoms with Crippen molar-refractivity contribution >= 4 is 22.5 Å². The number of aryl methyl sites for hydroxylation is 1. The van der Waals surface area contributed by atoms with Gasteiger partial charge in [0, 0.05) is 17.3 Å². The van der Waals surface area contributed by atoms with Crippen LogP contribution in [0.15, 0.2) is 36.7 Å². The van der Waals surface area contributed by atoms with E-state index in [4.69, 9.17) is 5.73 Å². The maximum absolute atomic E-state index is 12.2. The number of hydrogen-bond acceptors (Lipinski definition) is 3. The molecule has 0 saturated carbocycles. The molecule has 0 aliphatic carbocycles. The summed E-state index contributed by atoms with van der Waals surface area (Å²) in [4.78, 5) is 15.3. The lowest BCUT2D eigenvalue weighted by atomic mass is 10.1. The summed E-state index contributed by atoms with van der Waals surface area (Å²) in [5, 5.41) is 5.16. The largest absolute Gasteiger partial charge is 0.396 e. The van der Waals surface area contributed by atoms with Gasteiger partial charge in [-0.25, -0.2) is 4.68 Å². The number of aromatic nitrogens is 3. The molecule has 3 rings (SSSR count). The number of nitrogens with one attached hydrogen (secondary N) is 1. The summed E-state index contributed by atoms with van der Waals surface area (Å²) in [6.45, 7) is 1.77. The van der Waals surface area contributed by atoms with E-state index in [1.54, 1.807) is 13.0 Å². The van der Waals surface area contributed by atoms with Crippen molar-refractivity contribution in [2.75, 3.05) is 5.73 Å². The predicted molar refractivity (Wildman–Crippen MR) is 69.4 cm³/mol. The maximum Gasteiger partial charge on any atom is 0.278 e. The van der Waals surface area contributed by atoms with E-state index in [1.165, 1.54) is 10.9 Å². The molecule has 2 aromatic heterocycles. The Morgan fingerprint density at radius 3 is 2.94 bits per heavy atom. The average Bonchev–Trinajstić information content (AvgIpc) is 2.95. The number of hydrogen-bond donors (Lipinski definition) is 2. The molecule has 5 heteroatoms. The Kier molecular flexibility index (Phi) is 2.19. The molecule has 0 aliphatic rings. The first-order valence-corrected chi connectivity index (χ1v) is 5.59. The number of nitrogens with zero attached hydrogens (tertiary/aromatic N) is 2. The molecular formula is C13H12N4O. The summed E-state index contributed by atoms with van der Waals surface area (Å²) in [7, 11) is 0. The second kappa shape index (κ2) is 3.73. The summed E-state index contributed by atoms with van der Waals surface area (Å²) >= 11 is 0. The zero-order chi connectivity index (χ0) is 12.7. The minimum atomic E-state index is -0.189. The standard InChI is InChI=1S/C13H12N4O/c1-8-11(14)7-17(16-8)13(18)10-3-2-9-4-5-15-12(9)6-10/h2-7,15H,14H2,1H3. The van der Waals surface area contributed by atoms with Crippen LogP contribution >= 0.6 is 0 Å². The lowest BCUT2D eigenvalue weighted by Crippen LogP contribution is -2.12. The molecular weight excluding hydrogens is 228 g/mol. The smallest absolute Gasteiger partial charge is 0.278 e. The first kappa shape index (κ1) is 10.6. The van der Waals surface area contributed by atoms with Gasteiger partial charge in [-0.2, -0.15) is 5.10 Å². The molecule has 5 nitrogen and oxygen atoms in total. The van der Waals surface area contributed by atoms with Gasteiger partial charge in [0.05, 0.1) is 17.6 Å². The number of aromatic amines is 1. The van der Waals surface area contributed by atoms with Gasteiger partial charge >= 0.3 is 0 Å². The second-order valence-electron chi connectivity index (χ2n) is 4.20. The van der Waals surface area contributed by atoms with Crippen molar-refractivity contribution in [2.45, 2.75) is 6.92 Å². The first-order chi connectivity index (χ1) is 8.65. The van der Waals surface area contributed by atoms with Gasteiger partial charge in [-0.3, -0.25) is 4.79 Å². The van der Waals surface area contributed by atoms with Crippen LogP contribution in [0.1, 0.15) is 16.1 Å². The molecule has 0 amide bonds. The van der Waals surface area contributed by atoms with E-state index in [9.17, 15) is 4.79 Å². The van der Waals surface area contributed by atoms with Gasteiger partial charge in [-0.15, -0.1) is 0 Å². The van der Waals surface area contributed by atoms with Gasteiger partial charge in [-0.05, 0) is 30.5 Å². The highest BCUT2D eigenvalue weighted by Crippen LogP contribution is 2.16. The zero-order valence-corrected chi connectivity index (χ0v) is 9.84. The topological polar surface area (TPSA) is 76.7 Å². The van der Waals surface area contributed by atoms with Gasteiger partial charge < -0.3 is 10.7 Å². The molecule has 18 heavy (non-hydrogen) atoms. The van der Waals surface area contributed by atoms with Crippen LogP contribution in [0.4, 0.5) is 5.69 Å². The summed E-state index contributed by atoms with van der Waals surface area (Å²) in [6, 6.07) is 7.45. The van der Waals surface area contributed by atoms with Crippen LogP contribution in [0.2, 0.25) is 0 Å². The molecule has 0 bridgehead atoms. The average molecular weight is 240 g/mol. The van der Waals surface area contributed by atoms with Gasteiger partial charge in [-0.1, -0.05) is 6.07 Å². The van der Waals surface area contributed by atoms with Crippen molar-refractivity contribution in [1.29, 1.82) is 0 Å². The highest BCUT2D eigenvalue weighted by atomic mass is 16.2. The molecule has 0 radical (unpaired) electrons. The lowest BCUT2D eigenvalue weighted by Gasteiger charge is -2.00. The van der Waals surface area contributed by atoms with Crippen LogP contribution in [0.5, 0.6) is 0 Å². The molecule has 3 N–H and O–H groups in total. The fraction of sp³-hybridized carbons (Fsp3) is 0.0769. The molecule has 1 aromatic carbocycles. The van der Waals surface area contributed by atoms with Crippen LogP contribution < -0.4 is 5.73 Å². The highest BCUT2D eigenvalue weighted by molar-refractivity contribution is 5.99. The summed E-state index contributed by atoms with van der Waals surface area (Å²) in [5.41, 5.74) is 8.37. The Morgan fingerprint density at radius 1 is 1.39 bits per heavy atom. The van der Waals surface area contributed by atoms with Crippen molar-refractivity contribution < 1.29 is 4.79 Å². The predicted octanol–water partition coefficient (Wildman–Crippen LogP) is 1.94. The van der Waals surface area contributed by atoms with Crippen LogP contribution in [0.25, 0.3) is 10.9 Å². The van der Waals surface area contributed by atoms with Crippen molar-refractivity contribution in [3.63, 3.8) is 0 Å². The van der Waals surface area contributed by atoms with Crippen molar-refractivity contribution in [1.82, 2.24) is 14.8 Å². The number of carbonyl (C=O) groups is 1. The Morgan fingerprint density at radius 2 is 2.22 bits per heavy atom. The van der Waals surface area contributed by atoms with Crippen LogP contribution in [-0.4, -0.2) is 20.7 Å². The van der Waals surface area contributed by atoms with Gasteiger partial charge in [0.2, 0.25) is 0 Å². The fourth-order valence-electron chi connectivity index (χ4n) is 1.89. The number of nitrogen functional groups attached to an aromatic ring is 1. The van der Waals surface area contributed by atoms with Crippen LogP contribution in [0.3, 0.4) is 0 Å². The maximum atomic E-state index is 12.2. The molecule has 2 heterocycles. The zero-order valence-electron chi connectivity index (χ0n) is 9.84. The Balaban J connectivity index is 2.05. The third-order valence-electron chi connectivity index (χ3n) is 2.95. The number of nitrogens with two attached hydrogens (primary N) is 1. The first-order valence-electron chi connectivity index (χ1n) is 5.59. The third-order valence-corrected chi connectivity index (χ3v) is 2.95. The molecule has 0 aliphatic heterocycles. The molecule has 0 atom stereocenters. The summed E-state index contributed by atoms with van der Waals surface area (Å²) in [6.07, 6.45) is 3.38. The number of fused-ring (bicyclic) bond motifs is 1. The Bertz CT molecular complexity index is 719. The van der Waals surface area contributed by atoms with Crippen molar-refractivity contribution in [3.8, 4) is 0 Å². The normalized spacial score (nSPS) is 10.9. The Labute approximate surface area is 103 Å².